The molecule has 3 rings (SSSR count). The number of ether oxygens (including phenoxy) is 1. The number of carbonyl (C=O) groups is 2. The molecule has 0 fully saturated rings. The normalized spacial score (nSPS) is 11.6. The van der Waals surface area contributed by atoms with Gasteiger partial charge in [-0.25, -0.2) is 9.78 Å². The van der Waals surface area contributed by atoms with Gasteiger partial charge in [0.25, 0.3) is 5.91 Å². The second-order valence-electron chi connectivity index (χ2n) is 6.40. The number of esters is 1. The molecule has 1 amide bonds. The van der Waals surface area contributed by atoms with Gasteiger partial charge in [-0.1, -0.05) is 42.5 Å². The third-order valence-electron chi connectivity index (χ3n) is 4.20. The molecule has 0 spiro atoms. The Morgan fingerprint density at radius 1 is 1.17 bits per heavy atom. The van der Waals surface area contributed by atoms with Crippen LogP contribution in [-0.4, -0.2) is 35.3 Å². The Balaban J connectivity index is 1.65. The van der Waals surface area contributed by atoms with Crippen LogP contribution in [0.1, 0.15) is 23.0 Å². The summed E-state index contributed by atoms with van der Waals surface area (Å²) in [6.45, 7) is 1.96. The van der Waals surface area contributed by atoms with Gasteiger partial charge in [0, 0.05) is 17.2 Å². The Bertz CT molecular complexity index is 991. The Morgan fingerprint density at radius 2 is 1.90 bits per heavy atom. The lowest BCUT2D eigenvalue weighted by atomic mass is 10.2. The van der Waals surface area contributed by atoms with Crippen molar-refractivity contribution in [3.05, 3.63) is 72.1 Å². The zero-order valence-electron chi connectivity index (χ0n) is 16.5. The van der Waals surface area contributed by atoms with E-state index in [0.717, 1.165) is 5.56 Å². The molecule has 1 atom stereocenters. The van der Waals surface area contributed by atoms with E-state index in [1.807, 2.05) is 30.3 Å². The van der Waals surface area contributed by atoms with Crippen LogP contribution in [0.3, 0.4) is 0 Å². The van der Waals surface area contributed by atoms with E-state index < -0.39 is 17.9 Å². The molecule has 2 aromatic carbocycles. The molecular formula is C22H23N3O4S. The molecule has 0 bridgehead atoms. The van der Waals surface area contributed by atoms with Gasteiger partial charge in [0.15, 0.2) is 5.69 Å². The number of nitrogens with two attached hydrogens (primary N) is 1. The zero-order chi connectivity index (χ0) is 21.3. The third kappa shape index (κ3) is 5.64. The fourth-order valence-corrected chi connectivity index (χ4v) is 3.71. The van der Waals surface area contributed by atoms with Gasteiger partial charge in [-0.05, 0) is 24.6 Å². The molecule has 0 saturated carbocycles. The summed E-state index contributed by atoms with van der Waals surface area (Å²) in [6, 6.07) is 16.2. The molecule has 0 radical (unpaired) electrons. The Hall–Kier alpha value is -3.26. The lowest BCUT2D eigenvalue weighted by Gasteiger charge is -2.16. The van der Waals surface area contributed by atoms with E-state index in [4.69, 9.17) is 14.9 Å². The summed E-state index contributed by atoms with van der Waals surface area (Å²) < 4.78 is 10.5. The molecule has 156 valence electrons. The Labute approximate surface area is 179 Å². The molecule has 1 heterocycles. The van der Waals surface area contributed by atoms with Crippen molar-refractivity contribution in [3.63, 3.8) is 0 Å². The maximum absolute atomic E-state index is 12.6. The summed E-state index contributed by atoms with van der Waals surface area (Å²) in [5.41, 5.74) is 8.22. The summed E-state index contributed by atoms with van der Waals surface area (Å²) >= 11 is 1.53. The second kappa shape index (κ2) is 10.5. The van der Waals surface area contributed by atoms with E-state index in [0.29, 0.717) is 22.8 Å². The number of hydrogen-bond donors (Lipinski definition) is 2. The number of anilines is 1. The molecular weight excluding hydrogens is 402 g/mol. The topological polar surface area (TPSA) is 107 Å². The number of oxazole rings is 1. The number of thioether (sulfide) groups is 1. The van der Waals surface area contributed by atoms with Crippen molar-refractivity contribution in [1.29, 1.82) is 0 Å². The standard InChI is InChI=1S/C22H23N3O4S/c1-2-28-22(27)19(14-30-13-15-8-4-3-5-9-15)24-20(26)18-12-29-21(25-18)16-10-6-7-11-17(16)23/h3-12,19H,2,13-14,23H2,1H3,(H,24,26). The second-order valence-corrected chi connectivity index (χ2v) is 7.43. The average Bonchev–Trinajstić information content (AvgIpc) is 3.24. The maximum Gasteiger partial charge on any atom is 0.329 e. The van der Waals surface area contributed by atoms with Gasteiger partial charge >= 0.3 is 5.97 Å². The van der Waals surface area contributed by atoms with E-state index in [1.54, 1.807) is 31.2 Å². The lowest BCUT2D eigenvalue weighted by Crippen LogP contribution is -2.43. The highest BCUT2D eigenvalue weighted by Crippen LogP contribution is 2.24. The van der Waals surface area contributed by atoms with Crippen LogP contribution in [0.25, 0.3) is 11.5 Å². The van der Waals surface area contributed by atoms with Crippen molar-refractivity contribution in [3.8, 4) is 11.5 Å². The number of aromatic nitrogens is 1. The van der Waals surface area contributed by atoms with Crippen molar-refractivity contribution >= 4 is 29.3 Å². The highest BCUT2D eigenvalue weighted by molar-refractivity contribution is 7.98. The van der Waals surface area contributed by atoms with E-state index in [-0.39, 0.29) is 18.2 Å². The number of nitrogen functional groups attached to an aromatic ring is 1. The predicted octanol–water partition coefficient (Wildman–Crippen LogP) is 3.52. The monoisotopic (exact) mass is 425 g/mol. The van der Waals surface area contributed by atoms with Crippen molar-refractivity contribution in [1.82, 2.24) is 10.3 Å². The van der Waals surface area contributed by atoms with Crippen LogP contribution < -0.4 is 11.1 Å². The van der Waals surface area contributed by atoms with Crippen LogP contribution in [0.5, 0.6) is 0 Å². The first-order chi connectivity index (χ1) is 14.6. The van der Waals surface area contributed by atoms with Gasteiger partial charge in [-0.15, -0.1) is 0 Å². The summed E-state index contributed by atoms with van der Waals surface area (Å²) in [5, 5.41) is 2.70. The fraction of sp³-hybridized carbons (Fsp3) is 0.227. The minimum atomic E-state index is -0.798. The summed E-state index contributed by atoms with van der Waals surface area (Å²) in [5.74, 6) is 0.328. The van der Waals surface area contributed by atoms with Crippen LogP contribution in [0, 0.1) is 0 Å². The highest BCUT2D eigenvalue weighted by atomic mass is 32.2. The minimum Gasteiger partial charge on any atom is -0.464 e. The van der Waals surface area contributed by atoms with Crippen LogP contribution >= 0.6 is 11.8 Å². The number of benzene rings is 2. The molecule has 3 N–H and O–H groups in total. The SMILES string of the molecule is CCOC(=O)C(CSCc1ccccc1)NC(=O)c1coc(-c2ccccc2N)n1. The molecule has 1 unspecified atom stereocenters. The Morgan fingerprint density at radius 3 is 2.63 bits per heavy atom. The molecule has 0 aliphatic carbocycles. The average molecular weight is 426 g/mol. The zero-order valence-corrected chi connectivity index (χ0v) is 17.4. The van der Waals surface area contributed by atoms with E-state index in [9.17, 15) is 9.59 Å². The summed E-state index contributed by atoms with van der Waals surface area (Å²) in [4.78, 5) is 29.2. The fourth-order valence-electron chi connectivity index (χ4n) is 2.71. The van der Waals surface area contributed by atoms with Crippen LogP contribution in [0.4, 0.5) is 5.69 Å². The summed E-state index contributed by atoms with van der Waals surface area (Å²) in [6.07, 6.45) is 1.25. The van der Waals surface area contributed by atoms with E-state index >= 15 is 0 Å². The molecule has 1 aromatic heterocycles. The molecule has 0 aliphatic rings. The van der Waals surface area contributed by atoms with Crippen LogP contribution in [-0.2, 0) is 15.3 Å². The smallest absolute Gasteiger partial charge is 0.329 e. The van der Waals surface area contributed by atoms with Crippen molar-refractivity contribution in [2.24, 2.45) is 0 Å². The number of amides is 1. The molecule has 0 aliphatic heterocycles. The number of hydrogen-bond acceptors (Lipinski definition) is 7. The third-order valence-corrected chi connectivity index (χ3v) is 5.31. The first-order valence-corrected chi connectivity index (χ1v) is 10.6. The number of nitrogens with zero attached hydrogens (tertiary/aromatic N) is 1. The first kappa shape index (κ1) is 21.4. The molecule has 30 heavy (non-hydrogen) atoms. The quantitative estimate of drug-likeness (QED) is 0.399. The van der Waals surface area contributed by atoms with Gasteiger partial charge in [0.1, 0.15) is 12.3 Å². The van der Waals surface area contributed by atoms with Gasteiger partial charge in [0.05, 0.1) is 12.2 Å². The van der Waals surface area contributed by atoms with Crippen LogP contribution in [0.2, 0.25) is 0 Å². The van der Waals surface area contributed by atoms with Crippen LogP contribution in [0.15, 0.2) is 65.3 Å². The van der Waals surface area contributed by atoms with Gasteiger partial charge in [-0.3, -0.25) is 4.79 Å². The molecule has 3 aromatic rings. The molecule has 0 saturated heterocycles. The Kier molecular flexibility index (Phi) is 7.51. The van der Waals surface area contributed by atoms with Gasteiger partial charge in [-0.2, -0.15) is 11.8 Å². The van der Waals surface area contributed by atoms with E-state index in [1.165, 1.54) is 18.0 Å². The molecule has 8 heteroatoms. The van der Waals surface area contributed by atoms with Crippen molar-refractivity contribution < 1.29 is 18.7 Å². The minimum absolute atomic E-state index is 0.0654. The number of nitrogens with one attached hydrogen (secondary N) is 1. The largest absolute Gasteiger partial charge is 0.464 e. The number of carbonyl (C=O) groups excluding carboxylic acids is 2. The van der Waals surface area contributed by atoms with Crippen molar-refractivity contribution in [2.75, 3.05) is 18.1 Å². The number of rotatable bonds is 9. The van der Waals surface area contributed by atoms with Gasteiger partial charge < -0.3 is 20.2 Å². The first-order valence-electron chi connectivity index (χ1n) is 9.48. The lowest BCUT2D eigenvalue weighted by molar-refractivity contribution is -0.144. The van der Waals surface area contributed by atoms with E-state index in [2.05, 4.69) is 10.3 Å². The number of para-hydroxylation sites is 1. The van der Waals surface area contributed by atoms with Crippen molar-refractivity contribution in [2.45, 2.75) is 18.7 Å². The highest BCUT2D eigenvalue weighted by Gasteiger charge is 2.24. The molecule has 7 nitrogen and oxygen atoms in total. The summed E-state index contributed by atoms with van der Waals surface area (Å²) in [7, 11) is 0. The van der Waals surface area contributed by atoms with Gasteiger partial charge in [0.2, 0.25) is 5.89 Å². The predicted molar refractivity (Wildman–Crippen MR) is 117 cm³/mol. The maximum atomic E-state index is 12.6.